The molecule has 0 saturated heterocycles. The van der Waals surface area contributed by atoms with Crippen LogP contribution in [-0.4, -0.2) is 30.4 Å². The van der Waals surface area contributed by atoms with Gasteiger partial charge in [0.15, 0.2) is 0 Å². The molecule has 3 amide bonds. The van der Waals surface area contributed by atoms with E-state index in [9.17, 15) is 9.59 Å². The zero-order chi connectivity index (χ0) is 13.5. The van der Waals surface area contributed by atoms with Crippen molar-refractivity contribution < 1.29 is 9.59 Å². The summed E-state index contributed by atoms with van der Waals surface area (Å²) in [5.41, 5.74) is 6.10. The summed E-state index contributed by atoms with van der Waals surface area (Å²) in [5.74, 6) is -0.0587. The fourth-order valence-electron chi connectivity index (χ4n) is 1.59. The van der Waals surface area contributed by atoms with Crippen molar-refractivity contribution in [2.45, 2.75) is 19.8 Å². The second-order valence-corrected chi connectivity index (χ2v) is 4.15. The molecule has 18 heavy (non-hydrogen) atoms. The normalized spacial score (nSPS) is 9.89. The molecule has 1 aromatic rings. The maximum atomic E-state index is 12.1. The minimum atomic E-state index is -0.640. The van der Waals surface area contributed by atoms with E-state index < -0.39 is 6.03 Å². The highest BCUT2D eigenvalue weighted by atomic mass is 16.2. The van der Waals surface area contributed by atoms with Crippen LogP contribution in [0.2, 0.25) is 0 Å². The molecule has 0 aliphatic rings. The number of benzene rings is 1. The van der Waals surface area contributed by atoms with Crippen molar-refractivity contribution >= 4 is 17.6 Å². The average molecular weight is 249 g/mol. The van der Waals surface area contributed by atoms with Gasteiger partial charge in [0.1, 0.15) is 0 Å². The summed E-state index contributed by atoms with van der Waals surface area (Å²) in [7, 11) is 1.77. The number of nitrogens with two attached hydrogens (primary N) is 1. The van der Waals surface area contributed by atoms with Crippen LogP contribution in [0.1, 0.15) is 30.1 Å². The third kappa shape index (κ3) is 4.08. The molecule has 1 aromatic carbocycles. The van der Waals surface area contributed by atoms with Crippen LogP contribution in [0.5, 0.6) is 0 Å². The van der Waals surface area contributed by atoms with E-state index in [0.717, 1.165) is 19.4 Å². The lowest BCUT2D eigenvalue weighted by molar-refractivity contribution is 0.0793. The first-order valence-electron chi connectivity index (χ1n) is 5.96. The van der Waals surface area contributed by atoms with E-state index in [1.54, 1.807) is 36.2 Å². The molecule has 0 aliphatic carbocycles. The van der Waals surface area contributed by atoms with Gasteiger partial charge in [0.25, 0.3) is 5.91 Å². The van der Waals surface area contributed by atoms with Crippen LogP contribution in [0.25, 0.3) is 0 Å². The molecule has 1 rings (SSSR count). The molecular weight excluding hydrogens is 230 g/mol. The van der Waals surface area contributed by atoms with Gasteiger partial charge in [-0.3, -0.25) is 4.79 Å². The average Bonchev–Trinajstić information content (AvgIpc) is 2.34. The van der Waals surface area contributed by atoms with Gasteiger partial charge < -0.3 is 16.0 Å². The summed E-state index contributed by atoms with van der Waals surface area (Å²) in [4.78, 5) is 24.5. The molecule has 0 aromatic heterocycles. The Morgan fingerprint density at radius 2 is 2.11 bits per heavy atom. The van der Waals surface area contributed by atoms with Gasteiger partial charge in [-0.2, -0.15) is 0 Å². The maximum Gasteiger partial charge on any atom is 0.316 e. The van der Waals surface area contributed by atoms with Crippen LogP contribution in [0.4, 0.5) is 10.5 Å². The zero-order valence-electron chi connectivity index (χ0n) is 10.8. The van der Waals surface area contributed by atoms with Gasteiger partial charge in [-0.05, 0) is 24.6 Å². The molecule has 3 N–H and O–H groups in total. The van der Waals surface area contributed by atoms with E-state index in [0.29, 0.717) is 11.3 Å². The van der Waals surface area contributed by atoms with Crippen LogP contribution in [0.3, 0.4) is 0 Å². The Hall–Kier alpha value is -2.04. The molecule has 0 saturated carbocycles. The second-order valence-electron chi connectivity index (χ2n) is 4.15. The molecule has 0 radical (unpaired) electrons. The number of hydrogen-bond acceptors (Lipinski definition) is 2. The number of unbranched alkanes of at least 4 members (excludes halogenated alkanes) is 1. The van der Waals surface area contributed by atoms with Crippen molar-refractivity contribution in [2.24, 2.45) is 5.73 Å². The molecule has 5 heteroatoms. The largest absolute Gasteiger partial charge is 0.351 e. The Morgan fingerprint density at radius 1 is 1.39 bits per heavy atom. The van der Waals surface area contributed by atoms with Crippen molar-refractivity contribution in [1.29, 1.82) is 0 Å². The molecular formula is C13H19N3O2. The fraction of sp³-hybridized carbons (Fsp3) is 0.385. The summed E-state index contributed by atoms with van der Waals surface area (Å²) in [5, 5.41) is 2.45. The lowest BCUT2D eigenvalue weighted by Crippen LogP contribution is -2.27. The number of hydrogen-bond donors (Lipinski definition) is 2. The monoisotopic (exact) mass is 249 g/mol. The van der Waals surface area contributed by atoms with Crippen molar-refractivity contribution in [3.05, 3.63) is 29.8 Å². The van der Waals surface area contributed by atoms with E-state index in [1.807, 2.05) is 0 Å². The van der Waals surface area contributed by atoms with Crippen LogP contribution >= 0.6 is 0 Å². The predicted molar refractivity (Wildman–Crippen MR) is 71.5 cm³/mol. The third-order valence-corrected chi connectivity index (χ3v) is 2.57. The number of carbonyl (C=O) groups is 2. The smallest absolute Gasteiger partial charge is 0.316 e. The third-order valence-electron chi connectivity index (χ3n) is 2.57. The van der Waals surface area contributed by atoms with E-state index in [2.05, 4.69) is 12.2 Å². The quantitative estimate of drug-likeness (QED) is 0.838. The van der Waals surface area contributed by atoms with Gasteiger partial charge in [0, 0.05) is 24.8 Å². The van der Waals surface area contributed by atoms with E-state index in [-0.39, 0.29) is 5.91 Å². The Morgan fingerprint density at radius 3 is 2.72 bits per heavy atom. The highest BCUT2D eigenvalue weighted by molar-refractivity contribution is 5.96. The van der Waals surface area contributed by atoms with Gasteiger partial charge in [-0.1, -0.05) is 19.4 Å². The molecule has 98 valence electrons. The Bertz CT molecular complexity index is 432. The Kier molecular flexibility index (Phi) is 5.17. The number of rotatable bonds is 5. The fourth-order valence-corrected chi connectivity index (χ4v) is 1.59. The van der Waals surface area contributed by atoms with E-state index in [4.69, 9.17) is 5.73 Å². The van der Waals surface area contributed by atoms with Gasteiger partial charge >= 0.3 is 6.03 Å². The molecule has 0 heterocycles. The molecule has 0 atom stereocenters. The number of carbonyl (C=O) groups excluding carboxylic acids is 2. The molecule has 0 aliphatic heterocycles. The van der Waals surface area contributed by atoms with Gasteiger partial charge in [-0.25, -0.2) is 4.79 Å². The van der Waals surface area contributed by atoms with Gasteiger partial charge in [-0.15, -0.1) is 0 Å². The SMILES string of the molecule is CCCCN(C)C(=O)c1cccc(NC(N)=O)c1. The van der Waals surface area contributed by atoms with Gasteiger partial charge in [0.05, 0.1) is 0 Å². The Balaban J connectivity index is 2.76. The topological polar surface area (TPSA) is 75.4 Å². The molecule has 5 nitrogen and oxygen atoms in total. The van der Waals surface area contributed by atoms with E-state index in [1.165, 1.54) is 0 Å². The first-order chi connectivity index (χ1) is 8.54. The number of urea groups is 1. The number of amides is 3. The lowest BCUT2D eigenvalue weighted by Gasteiger charge is -2.17. The molecule has 0 bridgehead atoms. The summed E-state index contributed by atoms with van der Waals surface area (Å²) < 4.78 is 0. The molecule has 0 spiro atoms. The van der Waals surface area contributed by atoms with Crippen LogP contribution in [0, 0.1) is 0 Å². The summed E-state index contributed by atoms with van der Waals surface area (Å²) in [6.07, 6.45) is 2.02. The number of primary amides is 1. The predicted octanol–water partition coefficient (Wildman–Crippen LogP) is 2.05. The van der Waals surface area contributed by atoms with Crippen molar-refractivity contribution in [3.8, 4) is 0 Å². The van der Waals surface area contributed by atoms with Crippen molar-refractivity contribution in [1.82, 2.24) is 4.90 Å². The van der Waals surface area contributed by atoms with Gasteiger partial charge in [0.2, 0.25) is 0 Å². The maximum absolute atomic E-state index is 12.1. The first kappa shape index (κ1) is 14.0. The second kappa shape index (κ2) is 6.64. The van der Waals surface area contributed by atoms with Crippen LogP contribution in [0.15, 0.2) is 24.3 Å². The number of nitrogens with zero attached hydrogens (tertiary/aromatic N) is 1. The summed E-state index contributed by atoms with van der Waals surface area (Å²) in [6, 6.07) is 6.10. The van der Waals surface area contributed by atoms with Crippen LogP contribution < -0.4 is 11.1 Å². The lowest BCUT2D eigenvalue weighted by atomic mass is 10.1. The summed E-state index contributed by atoms with van der Waals surface area (Å²) >= 11 is 0. The highest BCUT2D eigenvalue weighted by Crippen LogP contribution is 2.12. The van der Waals surface area contributed by atoms with Crippen molar-refractivity contribution in [2.75, 3.05) is 18.9 Å². The first-order valence-corrected chi connectivity index (χ1v) is 5.96. The van der Waals surface area contributed by atoms with Crippen LogP contribution in [-0.2, 0) is 0 Å². The molecule has 0 unspecified atom stereocenters. The minimum Gasteiger partial charge on any atom is -0.351 e. The Labute approximate surface area is 107 Å². The zero-order valence-corrected chi connectivity index (χ0v) is 10.8. The van der Waals surface area contributed by atoms with E-state index >= 15 is 0 Å². The minimum absolute atomic E-state index is 0.0587. The number of nitrogens with one attached hydrogen (secondary N) is 1. The number of anilines is 1. The molecule has 0 fully saturated rings. The van der Waals surface area contributed by atoms with Crippen molar-refractivity contribution in [3.63, 3.8) is 0 Å². The standard InChI is InChI=1S/C13H19N3O2/c1-3-4-8-16(2)12(17)10-6-5-7-11(9-10)15-13(14)18/h5-7,9H,3-4,8H2,1-2H3,(H3,14,15,18). The highest BCUT2D eigenvalue weighted by Gasteiger charge is 2.11. The summed E-state index contributed by atoms with van der Waals surface area (Å²) in [6.45, 7) is 2.80.